The van der Waals surface area contributed by atoms with Gasteiger partial charge in [0.15, 0.2) is 0 Å². The maximum Gasteiger partial charge on any atom is 0.295 e. The Morgan fingerprint density at radius 3 is 2.75 bits per heavy atom. The largest absolute Gasteiger partial charge is 0.384 e. The van der Waals surface area contributed by atoms with Gasteiger partial charge in [-0.15, -0.1) is 0 Å². The monoisotopic (exact) mass is 273 g/mol. The first-order valence-corrected chi connectivity index (χ1v) is 6.70. The van der Waals surface area contributed by atoms with Gasteiger partial charge in [-0.2, -0.15) is 0 Å². The minimum Gasteiger partial charge on any atom is -0.384 e. The lowest BCUT2D eigenvalue weighted by Gasteiger charge is -2.24. The van der Waals surface area contributed by atoms with Crippen LogP contribution in [0, 0.1) is 15.5 Å². The van der Waals surface area contributed by atoms with E-state index in [1.54, 1.807) is 12.3 Å². The van der Waals surface area contributed by atoms with E-state index in [1.807, 2.05) is 12.1 Å². The molecule has 0 spiro atoms. The van der Waals surface area contributed by atoms with Crippen LogP contribution in [0.25, 0.3) is 10.9 Å². The summed E-state index contributed by atoms with van der Waals surface area (Å²) in [5, 5.41) is 15.2. The molecule has 0 saturated heterocycles. The first-order chi connectivity index (χ1) is 9.44. The molecule has 20 heavy (non-hydrogen) atoms. The molecule has 0 unspecified atom stereocenters. The quantitative estimate of drug-likeness (QED) is 0.660. The fraction of sp³-hybridized carbons (Fsp3) is 0.400. The topological polar surface area (TPSA) is 68.1 Å². The average molecular weight is 273 g/mol. The summed E-state index contributed by atoms with van der Waals surface area (Å²) >= 11 is 0. The zero-order chi connectivity index (χ0) is 14.8. The van der Waals surface area contributed by atoms with Crippen LogP contribution in [0.5, 0.6) is 0 Å². The second-order valence-corrected chi connectivity index (χ2v) is 5.66. The number of nitro groups is 1. The number of fused-ring (bicyclic) bond motifs is 1. The van der Waals surface area contributed by atoms with Crippen molar-refractivity contribution >= 4 is 22.3 Å². The summed E-state index contributed by atoms with van der Waals surface area (Å²) in [6.07, 6.45) is 2.67. The van der Waals surface area contributed by atoms with E-state index >= 15 is 0 Å². The van der Waals surface area contributed by atoms with Crippen LogP contribution in [0.1, 0.15) is 27.2 Å². The van der Waals surface area contributed by atoms with E-state index in [2.05, 4.69) is 31.1 Å². The second-order valence-electron chi connectivity index (χ2n) is 5.66. The van der Waals surface area contributed by atoms with Crippen molar-refractivity contribution in [2.75, 3.05) is 11.9 Å². The Hall–Kier alpha value is -2.17. The lowest BCUT2D eigenvalue weighted by atomic mass is 9.90. The van der Waals surface area contributed by atoms with Crippen LogP contribution in [0.2, 0.25) is 0 Å². The van der Waals surface area contributed by atoms with Crippen molar-refractivity contribution in [2.24, 2.45) is 5.41 Å². The molecule has 5 nitrogen and oxygen atoms in total. The maximum atomic E-state index is 11.0. The summed E-state index contributed by atoms with van der Waals surface area (Å²) in [4.78, 5) is 14.8. The van der Waals surface area contributed by atoms with Crippen LogP contribution in [-0.2, 0) is 0 Å². The fourth-order valence-electron chi connectivity index (χ4n) is 1.92. The molecule has 2 rings (SSSR count). The average Bonchev–Trinajstić information content (AvgIpc) is 2.44. The molecule has 0 saturated carbocycles. The molecule has 106 valence electrons. The van der Waals surface area contributed by atoms with E-state index in [0.29, 0.717) is 5.52 Å². The number of hydrogen-bond acceptors (Lipinski definition) is 4. The van der Waals surface area contributed by atoms with Gasteiger partial charge in [-0.05, 0) is 17.9 Å². The van der Waals surface area contributed by atoms with Crippen molar-refractivity contribution in [3.05, 3.63) is 40.6 Å². The molecule has 0 aliphatic rings. The zero-order valence-electron chi connectivity index (χ0n) is 12.0. The Balaban J connectivity index is 2.40. The molecule has 0 radical (unpaired) electrons. The molecule has 0 atom stereocenters. The highest BCUT2D eigenvalue weighted by molar-refractivity contribution is 5.96. The SMILES string of the molecule is CCC(C)(C)CNc1ccnc2c([N+](=O)[O-])cccc12. The van der Waals surface area contributed by atoms with Gasteiger partial charge in [0.2, 0.25) is 0 Å². The Labute approximate surface area is 118 Å². The summed E-state index contributed by atoms with van der Waals surface area (Å²) in [5.74, 6) is 0. The van der Waals surface area contributed by atoms with Crippen molar-refractivity contribution in [1.29, 1.82) is 0 Å². The molecule has 1 aromatic heterocycles. The highest BCUT2D eigenvalue weighted by atomic mass is 16.6. The standard InChI is InChI=1S/C15H19N3O2/c1-4-15(2,3)10-17-12-8-9-16-14-11(12)6-5-7-13(14)18(19)20/h5-9H,4,10H2,1-3H3,(H,16,17). The normalized spacial score (nSPS) is 11.6. The number of nitrogens with one attached hydrogen (secondary N) is 1. The van der Waals surface area contributed by atoms with E-state index in [9.17, 15) is 10.1 Å². The summed E-state index contributed by atoms with van der Waals surface area (Å²) in [5.41, 5.74) is 1.54. The molecule has 0 aliphatic carbocycles. The number of non-ortho nitro benzene ring substituents is 1. The lowest BCUT2D eigenvalue weighted by Crippen LogP contribution is -2.22. The molecule has 0 aliphatic heterocycles. The maximum absolute atomic E-state index is 11.0. The molecule has 0 bridgehead atoms. The van der Waals surface area contributed by atoms with Gasteiger partial charge >= 0.3 is 0 Å². The highest BCUT2D eigenvalue weighted by Crippen LogP contribution is 2.29. The minimum atomic E-state index is -0.394. The summed E-state index contributed by atoms with van der Waals surface area (Å²) < 4.78 is 0. The third-order valence-corrected chi connectivity index (χ3v) is 3.66. The Bertz CT molecular complexity index is 638. The number of hydrogen-bond donors (Lipinski definition) is 1. The van der Waals surface area contributed by atoms with Crippen LogP contribution < -0.4 is 5.32 Å². The number of aromatic nitrogens is 1. The van der Waals surface area contributed by atoms with Gasteiger partial charge in [0.1, 0.15) is 5.52 Å². The molecule has 0 amide bonds. The van der Waals surface area contributed by atoms with Crippen molar-refractivity contribution in [3.63, 3.8) is 0 Å². The van der Waals surface area contributed by atoms with Crippen molar-refractivity contribution in [3.8, 4) is 0 Å². The zero-order valence-corrected chi connectivity index (χ0v) is 12.0. The van der Waals surface area contributed by atoms with Gasteiger partial charge in [0.05, 0.1) is 4.92 Å². The molecule has 1 heterocycles. The Morgan fingerprint density at radius 1 is 1.35 bits per heavy atom. The number of pyridine rings is 1. The van der Waals surface area contributed by atoms with Gasteiger partial charge in [0.25, 0.3) is 5.69 Å². The van der Waals surface area contributed by atoms with Crippen LogP contribution >= 0.6 is 0 Å². The predicted molar refractivity (Wildman–Crippen MR) is 81.0 cm³/mol. The van der Waals surface area contributed by atoms with Crippen LogP contribution in [0.3, 0.4) is 0 Å². The Morgan fingerprint density at radius 2 is 2.10 bits per heavy atom. The van der Waals surface area contributed by atoms with Gasteiger partial charge < -0.3 is 5.32 Å². The van der Waals surface area contributed by atoms with E-state index in [-0.39, 0.29) is 11.1 Å². The van der Waals surface area contributed by atoms with Gasteiger partial charge in [-0.3, -0.25) is 10.1 Å². The molecular weight excluding hydrogens is 254 g/mol. The smallest absolute Gasteiger partial charge is 0.295 e. The van der Waals surface area contributed by atoms with Gasteiger partial charge in [-0.1, -0.05) is 32.9 Å². The molecule has 0 fully saturated rings. The molecule has 1 aromatic carbocycles. The highest BCUT2D eigenvalue weighted by Gasteiger charge is 2.17. The number of anilines is 1. The lowest BCUT2D eigenvalue weighted by molar-refractivity contribution is -0.383. The number of benzene rings is 1. The van der Waals surface area contributed by atoms with Gasteiger partial charge in [-0.25, -0.2) is 4.98 Å². The van der Waals surface area contributed by atoms with E-state index < -0.39 is 4.92 Å². The number of para-hydroxylation sites is 1. The first-order valence-electron chi connectivity index (χ1n) is 6.70. The number of rotatable bonds is 5. The fourth-order valence-corrected chi connectivity index (χ4v) is 1.92. The van der Waals surface area contributed by atoms with Crippen molar-refractivity contribution in [1.82, 2.24) is 4.98 Å². The third kappa shape index (κ3) is 2.87. The van der Waals surface area contributed by atoms with E-state index in [1.165, 1.54) is 6.07 Å². The summed E-state index contributed by atoms with van der Waals surface area (Å²) in [6, 6.07) is 6.89. The molecule has 2 aromatic rings. The molecular formula is C15H19N3O2. The van der Waals surface area contributed by atoms with Crippen LogP contribution in [0.4, 0.5) is 11.4 Å². The number of nitrogens with zero attached hydrogens (tertiary/aromatic N) is 2. The van der Waals surface area contributed by atoms with Crippen molar-refractivity contribution < 1.29 is 4.92 Å². The van der Waals surface area contributed by atoms with Gasteiger partial charge in [0, 0.05) is 29.9 Å². The van der Waals surface area contributed by atoms with Crippen LogP contribution in [-0.4, -0.2) is 16.5 Å². The van der Waals surface area contributed by atoms with E-state index in [0.717, 1.165) is 24.0 Å². The van der Waals surface area contributed by atoms with E-state index in [4.69, 9.17) is 0 Å². The minimum absolute atomic E-state index is 0.0425. The number of nitro benzene ring substituents is 1. The van der Waals surface area contributed by atoms with Crippen LogP contribution in [0.15, 0.2) is 30.5 Å². The summed E-state index contributed by atoms with van der Waals surface area (Å²) in [7, 11) is 0. The second kappa shape index (κ2) is 5.45. The molecule has 1 N–H and O–H groups in total. The van der Waals surface area contributed by atoms with Crippen molar-refractivity contribution in [2.45, 2.75) is 27.2 Å². The summed E-state index contributed by atoms with van der Waals surface area (Å²) in [6.45, 7) is 7.33. The Kier molecular flexibility index (Phi) is 3.88. The first kappa shape index (κ1) is 14.2. The third-order valence-electron chi connectivity index (χ3n) is 3.66. The molecule has 5 heteroatoms. The predicted octanol–water partition coefficient (Wildman–Crippen LogP) is 3.99.